The summed E-state index contributed by atoms with van der Waals surface area (Å²) in [6.07, 6.45) is 1.83. The quantitative estimate of drug-likeness (QED) is 0.300. The highest BCUT2D eigenvalue weighted by atomic mass is 35.5. The number of nitrogens with zero attached hydrogens (tertiary/aromatic N) is 4. The standard InChI is InChI=1S/C26H25ClN4O2S/c1-20(27)25(32)29(19-21-9-4-2-5-10-21)16-17-30(26(33)23-13-8-18-34-23)24-14-15-31(28-24)22-11-6-3-7-12-22/h2-15,18,20H,16-17,19H2,1H3. The maximum absolute atomic E-state index is 13.4. The number of alkyl halides is 1. The van der Waals surface area contributed by atoms with Crippen LogP contribution in [0.2, 0.25) is 0 Å². The number of anilines is 1. The Morgan fingerprint density at radius 3 is 2.32 bits per heavy atom. The minimum atomic E-state index is -0.664. The van der Waals surface area contributed by atoms with Crippen molar-refractivity contribution in [3.8, 4) is 5.69 Å². The van der Waals surface area contributed by atoms with E-state index in [1.165, 1.54) is 11.3 Å². The Morgan fingerprint density at radius 1 is 0.971 bits per heavy atom. The second-order valence-electron chi connectivity index (χ2n) is 7.75. The lowest BCUT2D eigenvalue weighted by Gasteiger charge is -2.27. The molecule has 8 heteroatoms. The van der Waals surface area contributed by atoms with Crippen LogP contribution in [-0.2, 0) is 11.3 Å². The van der Waals surface area contributed by atoms with Gasteiger partial charge >= 0.3 is 0 Å². The van der Waals surface area contributed by atoms with Gasteiger partial charge in [0.25, 0.3) is 5.91 Å². The number of rotatable bonds is 9. The summed E-state index contributed by atoms with van der Waals surface area (Å²) in [4.78, 5) is 30.2. The molecule has 6 nitrogen and oxygen atoms in total. The highest BCUT2D eigenvalue weighted by Gasteiger charge is 2.25. The van der Waals surface area contributed by atoms with Crippen molar-refractivity contribution in [3.63, 3.8) is 0 Å². The summed E-state index contributed by atoms with van der Waals surface area (Å²) < 4.78 is 1.73. The van der Waals surface area contributed by atoms with Gasteiger partial charge in [-0.25, -0.2) is 4.68 Å². The molecule has 0 spiro atoms. The molecule has 0 aliphatic carbocycles. The van der Waals surface area contributed by atoms with Crippen molar-refractivity contribution in [3.05, 3.63) is 101 Å². The summed E-state index contributed by atoms with van der Waals surface area (Å²) in [7, 11) is 0. The molecule has 0 aliphatic rings. The molecule has 0 saturated carbocycles. The van der Waals surface area contributed by atoms with Gasteiger partial charge in [-0.05, 0) is 36.1 Å². The Kier molecular flexibility index (Phi) is 7.77. The van der Waals surface area contributed by atoms with Crippen molar-refractivity contribution in [2.45, 2.75) is 18.8 Å². The van der Waals surface area contributed by atoms with Gasteiger partial charge in [0.15, 0.2) is 5.82 Å². The van der Waals surface area contributed by atoms with Crippen molar-refractivity contribution in [2.24, 2.45) is 0 Å². The molecular weight excluding hydrogens is 468 g/mol. The average Bonchev–Trinajstić information content (AvgIpc) is 3.57. The van der Waals surface area contributed by atoms with Gasteiger partial charge in [-0.2, -0.15) is 0 Å². The number of thiophene rings is 1. The van der Waals surface area contributed by atoms with E-state index in [2.05, 4.69) is 5.10 Å². The summed E-state index contributed by atoms with van der Waals surface area (Å²) >= 11 is 7.53. The van der Waals surface area contributed by atoms with Gasteiger partial charge in [-0.15, -0.1) is 28.0 Å². The third-order valence-electron chi connectivity index (χ3n) is 5.31. The summed E-state index contributed by atoms with van der Waals surface area (Å²) in [5.74, 6) is 0.191. The molecule has 0 fully saturated rings. The molecular formula is C26H25ClN4O2S. The minimum absolute atomic E-state index is 0.153. The third kappa shape index (κ3) is 5.73. The number of halogens is 1. The number of para-hydroxylation sites is 1. The van der Waals surface area contributed by atoms with Crippen LogP contribution < -0.4 is 4.90 Å². The highest BCUT2D eigenvalue weighted by molar-refractivity contribution is 7.12. The molecule has 34 heavy (non-hydrogen) atoms. The van der Waals surface area contributed by atoms with Crippen LogP contribution in [-0.4, -0.2) is 45.0 Å². The van der Waals surface area contributed by atoms with E-state index in [9.17, 15) is 9.59 Å². The average molecular weight is 493 g/mol. The van der Waals surface area contributed by atoms with Gasteiger partial charge in [-0.3, -0.25) is 14.5 Å². The third-order valence-corrected chi connectivity index (χ3v) is 6.36. The lowest BCUT2D eigenvalue weighted by atomic mass is 10.2. The Morgan fingerprint density at radius 2 is 1.68 bits per heavy atom. The second kappa shape index (κ2) is 11.1. The molecule has 2 amide bonds. The fraction of sp³-hybridized carbons (Fsp3) is 0.192. The molecule has 0 saturated heterocycles. The van der Waals surface area contributed by atoms with Gasteiger partial charge in [0.1, 0.15) is 5.38 Å². The second-order valence-corrected chi connectivity index (χ2v) is 9.35. The monoisotopic (exact) mass is 492 g/mol. The lowest BCUT2D eigenvalue weighted by molar-refractivity contribution is -0.131. The van der Waals surface area contributed by atoms with Crippen LogP contribution in [0.1, 0.15) is 22.2 Å². The molecule has 4 rings (SSSR count). The normalized spacial score (nSPS) is 11.7. The van der Waals surface area contributed by atoms with Crippen LogP contribution in [0.25, 0.3) is 5.69 Å². The number of hydrogen-bond donors (Lipinski definition) is 0. The van der Waals surface area contributed by atoms with E-state index >= 15 is 0 Å². The van der Waals surface area contributed by atoms with Gasteiger partial charge in [0.05, 0.1) is 10.6 Å². The van der Waals surface area contributed by atoms with Gasteiger partial charge in [0.2, 0.25) is 5.91 Å². The molecule has 2 aromatic heterocycles. The summed E-state index contributed by atoms with van der Waals surface area (Å²) in [5, 5.41) is 5.86. The topological polar surface area (TPSA) is 58.4 Å². The molecule has 2 heterocycles. The molecule has 0 N–H and O–H groups in total. The number of hydrogen-bond acceptors (Lipinski definition) is 4. The maximum atomic E-state index is 13.4. The predicted molar refractivity (Wildman–Crippen MR) is 137 cm³/mol. The first-order valence-electron chi connectivity index (χ1n) is 11.0. The first-order chi connectivity index (χ1) is 16.5. The summed E-state index contributed by atoms with van der Waals surface area (Å²) in [5.41, 5.74) is 1.90. The van der Waals surface area contributed by atoms with E-state index in [0.29, 0.717) is 23.8 Å². The Hall–Kier alpha value is -3.42. The zero-order valence-electron chi connectivity index (χ0n) is 18.8. The van der Waals surface area contributed by atoms with Crippen LogP contribution in [0.4, 0.5) is 5.82 Å². The first-order valence-corrected chi connectivity index (χ1v) is 12.3. The van der Waals surface area contributed by atoms with E-state index in [1.54, 1.807) is 27.5 Å². The number of carbonyl (C=O) groups is 2. The molecule has 4 aromatic rings. The Labute approximate surface area is 208 Å². The van der Waals surface area contributed by atoms with Crippen molar-refractivity contribution in [1.29, 1.82) is 0 Å². The van der Waals surface area contributed by atoms with Crippen molar-refractivity contribution >= 4 is 40.6 Å². The van der Waals surface area contributed by atoms with E-state index in [-0.39, 0.29) is 18.4 Å². The van der Waals surface area contributed by atoms with Crippen molar-refractivity contribution in [1.82, 2.24) is 14.7 Å². The summed E-state index contributed by atoms with van der Waals surface area (Å²) in [6, 6.07) is 24.9. The fourth-order valence-electron chi connectivity index (χ4n) is 3.58. The maximum Gasteiger partial charge on any atom is 0.269 e. The minimum Gasteiger partial charge on any atom is -0.335 e. The largest absolute Gasteiger partial charge is 0.335 e. The van der Waals surface area contributed by atoms with Crippen LogP contribution in [0.15, 0.2) is 90.4 Å². The van der Waals surface area contributed by atoms with Crippen LogP contribution in [0.5, 0.6) is 0 Å². The zero-order chi connectivity index (χ0) is 23.9. The van der Waals surface area contributed by atoms with Gasteiger partial charge in [0, 0.05) is 31.9 Å². The molecule has 1 unspecified atom stereocenters. The van der Waals surface area contributed by atoms with E-state index in [1.807, 2.05) is 84.4 Å². The molecule has 1 atom stereocenters. The van der Waals surface area contributed by atoms with Gasteiger partial charge < -0.3 is 4.90 Å². The fourth-order valence-corrected chi connectivity index (χ4v) is 4.39. The Bertz CT molecular complexity index is 1210. The SMILES string of the molecule is CC(Cl)C(=O)N(CCN(C(=O)c1cccs1)c1ccn(-c2ccccc2)n1)Cc1ccccc1. The molecule has 0 aliphatic heterocycles. The van der Waals surface area contributed by atoms with E-state index in [0.717, 1.165) is 11.3 Å². The lowest BCUT2D eigenvalue weighted by Crippen LogP contribution is -2.43. The zero-order valence-corrected chi connectivity index (χ0v) is 20.3. The van der Waals surface area contributed by atoms with Crippen LogP contribution in [0, 0.1) is 0 Å². The first kappa shape index (κ1) is 23.7. The highest BCUT2D eigenvalue weighted by Crippen LogP contribution is 2.20. The number of carbonyl (C=O) groups excluding carboxylic acids is 2. The molecule has 0 radical (unpaired) electrons. The van der Waals surface area contributed by atoms with Crippen molar-refractivity contribution < 1.29 is 9.59 Å². The predicted octanol–water partition coefficient (Wildman–Crippen LogP) is 5.24. The number of benzene rings is 2. The molecule has 0 bridgehead atoms. The Balaban J connectivity index is 1.59. The van der Waals surface area contributed by atoms with E-state index < -0.39 is 5.38 Å². The van der Waals surface area contributed by atoms with Gasteiger partial charge in [-0.1, -0.05) is 54.6 Å². The number of aromatic nitrogens is 2. The van der Waals surface area contributed by atoms with Crippen LogP contribution >= 0.6 is 22.9 Å². The van der Waals surface area contributed by atoms with Crippen LogP contribution in [0.3, 0.4) is 0 Å². The van der Waals surface area contributed by atoms with E-state index in [4.69, 9.17) is 11.6 Å². The molecule has 174 valence electrons. The number of amides is 2. The smallest absolute Gasteiger partial charge is 0.269 e. The van der Waals surface area contributed by atoms with Crippen molar-refractivity contribution in [2.75, 3.05) is 18.0 Å². The molecule has 2 aromatic carbocycles. The summed E-state index contributed by atoms with van der Waals surface area (Å²) in [6.45, 7) is 2.68.